The second-order valence-electron chi connectivity index (χ2n) is 35.9. The monoisotopic (exact) mass is 1750 g/mol. The molecular formula is C136H90N2. The zero-order chi connectivity index (χ0) is 91.4. The van der Waals surface area contributed by atoms with E-state index in [1.807, 2.05) is 0 Å². The number of anilines is 6. The molecule has 0 aliphatic rings. The van der Waals surface area contributed by atoms with Gasteiger partial charge >= 0.3 is 0 Å². The van der Waals surface area contributed by atoms with E-state index in [0.29, 0.717) is 0 Å². The van der Waals surface area contributed by atoms with Crippen molar-refractivity contribution in [2.24, 2.45) is 0 Å². The van der Waals surface area contributed by atoms with Crippen molar-refractivity contribution in [1.82, 2.24) is 0 Å². The molecule has 0 fully saturated rings. The highest BCUT2D eigenvalue weighted by Crippen LogP contribution is 2.55. The van der Waals surface area contributed by atoms with Gasteiger partial charge in [0.05, 0.1) is 11.4 Å². The van der Waals surface area contributed by atoms with Crippen molar-refractivity contribution >= 4 is 142 Å². The first kappa shape index (κ1) is 81.9. The summed E-state index contributed by atoms with van der Waals surface area (Å²) in [7, 11) is 0. The smallest absolute Gasteiger partial charge is 0.0546 e. The van der Waals surface area contributed by atoms with E-state index in [0.717, 1.165) is 34.1 Å². The van der Waals surface area contributed by atoms with Crippen LogP contribution in [0.4, 0.5) is 34.1 Å². The Bertz CT molecular complexity index is 8890. The Morgan fingerprint density at radius 2 is 0.326 bits per heavy atom. The zero-order valence-electron chi connectivity index (χ0n) is 75.9. The normalized spacial score (nSPS) is 11.5. The molecule has 0 bridgehead atoms. The molecule has 138 heavy (non-hydrogen) atoms. The van der Waals surface area contributed by atoms with Crippen molar-refractivity contribution in [3.8, 4) is 111 Å². The average Bonchev–Trinajstić information content (AvgIpc) is 0.704. The molecular weight excluding hydrogens is 1660 g/mol. The summed E-state index contributed by atoms with van der Waals surface area (Å²) in [6, 6.07) is 200. The van der Waals surface area contributed by atoms with Crippen LogP contribution in [0.3, 0.4) is 0 Å². The first-order chi connectivity index (χ1) is 68.5. The van der Waals surface area contributed by atoms with Crippen molar-refractivity contribution in [2.75, 3.05) is 9.80 Å². The molecule has 26 aromatic rings. The van der Waals surface area contributed by atoms with E-state index in [4.69, 9.17) is 0 Å². The molecule has 0 radical (unpaired) electrons. The zero-order valence-corrected chi connectivity index (χ0v) is 75.9. The molecule has 0 atom stereocenters. The van der Waals surface area contributed by atoms with Gasteiger partial charge in [-0.25, -0.2) is 0 Å². The minimum absolute atomic E-state index is 1.09. The molecule has 26 rings (SSSR count). The van der Waals surface area contributed by atoms with Crippen LogP contribution in [0.15, 0.2) is 546 Å². The molecule has 0 unspecified atom stereocenters. The Kier molecular flexibility index (Phi) is 21.0. The second-order valence-corrected chi connectivity index (χ2v) is 35.9. The van der Waals surface area contributed by atoms with Gasteiger partial charge in [0.1, 0.15) is 0 Å². The minimum atomic E-state index is 1.09. The van der Waals surface area contributed by atoms with E-state index >= 15 is 0 Å². The van der Waals surface area contributed by atoms with Gasteiger partial charge in [0.2, 0.25) is 0 Å². The fourth-order valence-electron chi connectivity index (χ4n) is 21.6. The molecule has 0 saturated carbocycles. The molecule has 0 N–H and O–H groups in total. The lowest BCUT2D eigenvalue weighted by molar-refractivity contribution is 1.29. The SMILES string of the molecule is c1ccc(-c2ccc(-c3cc(-c4ccccc4)c4c5ccccc5c5cc(N(c6cc7ccccc7c7ccccc67)c6cc7ccccc7c7ccccc67)ccc5c4c3-c3ccccc3)cc2)cc1.c1ccc(-c2ccc(-c3cc(-c4ccccc4)c4c5ccccc5c5cc(N(c6ccc(-c7ccccc7)cc6)c6ccc(-c7ccccc7)cc6)ccc5c4c3-c3ccccc3)cc2)cc1. The van der Waals surface area contributed by atoms with Crippen molar-refractivity contribution in [2.45, 2.75) is 0 Å². The molecule has 0 heterocycles. The number of rotatable bonds is 16. The van der Waals surface area contributed by atoms with Gasteiger partial charge in [0.25, 0.3) is 0 Å². The predicted octanol–water partition coefficient (Wildman–Crippen LogP) is 38.5. The molecule has 0 aromatic heterocycles. The molecule has 0 amide bonds. The van der Waals surface area contributed by atoms with Gasteiger partial charge in [-0.3, -0.25) is 0 Å². The van der Waals surface area contributed by atoms with Gasteiger partial charge < -0.3 is 9.80 Å². The summed E-state index contributed by atoms with van der Waals surface area (Å²) in [5.41, 5.74) is 30.7. The Balaban J connectivity index is 0.000000147. The lowest BCUT2D eigenvalue weighted by Crippen LogP contribution is -2.11. The molecule has 0 aliphatic heterocycles. The highest BCUT2D eigenvalue weighted by atomic mass is 15.2. The van der Waals surface area contributed by atoms with E-state index in [-0.39, 0.29) is 0 Å². The topological polar surface area (TPSA) is 6.48 Å². The van der Waals surface area contributed by atoms with E-state index < -0.39 is 0 Å². The Labute approximate surface area is 803 Å². The fourth-order valence-corrected chi connectivity index (χ4v) is 21.6. The summed E-state index contributed by atoms with van der Waals surface area (Å²) < 4.78 is 0. The lowest BCUT2D eigenvalue weighted by atomic mass is 9.81. The first-order valence-corrected chi connectivity index (χ1v) is 47.7. The molecule has 2 heteroatoms. The quantitative estimate of drug-likeness (QED) is 0.0890. The number of benzene rings is 26. The number of fused-ring (bicyclic) bond motifs is 18. The average molecular weight is 1750 g/mol. The Hall–Kier alpha value is -18.1. The summed E-state index contributed by atoms with van der Waals surface area (Å²) in [5, 5.41) is 24.6. The highest BCUT2D eigenvalue weighted by molar-refractivity contribution is 6.36. The largest absolute Gasteiger partial charge is 0.310 e. The van der Waals surface area contributed by atoms with Crippen LogP contribution in [-0.4, -0.2) is 0 Å². The number of hydrogen-bond acceptors (Lipinski definition) is 2. The molecule has 0 aliphatic carbocycles. The van der Waals surface area contributed by atoms with Crippen LogP contribution in [0.5, 0.6) is 0 Å². The van der Waals surface area contributed by atoms with Gasteiger partial charge in [-0.15, -0.1) is 0 Å². The van der Waals surface area contributed by atoms with E-state index in [2.05, 4.69) is 556 Å². The van der Waals surface area contributed by atoms with Crippen molar-refractivity contribution in [3.05, 3.63) is 546 Å². The van der Waals surface area contributed by atoms with Crippen molar-refractivity contribution in [1.29, 1.82) is 0 Å². The van der Waals surface area contributed by atoms with Gasteiger partial charge in [0, 0.05) is 33.5 Å². The van der Waals surface area contributed by atoms with Crippen LogP contribution in [0.1, 0.15) is 0 Å². The molecule has 26 aromatic carbocycles. The fraction of sp³-hybridized carbons (Fsp3) is 0. The summed E-state index contributed by atoms with van der Waals surface area (Å²) >= 11 is 0. The lowest BCUT2D eigenvalue weighted by Gasteiger charge is -2.30. The van der Waals surface area contributed by atoms with Gasteiger partial charge in [0.15, 0.2) is 0 Å². The van der Waals surface area contributed by atoms with Crippen LogP contribution >= 0.6 is 0 Å². The number of nitrogens with zero attached hydrogens (tertiary/aromatic N) is 2. The van der Waals surface area contributed by atoms with E-state index in [9.17, 15) is 0 Å². The molecule has 0 saturated heterocycles. The van der Waals surface area contributed by atoms with Crippen LogP contribution < -0.4 is 9.80 Å². The van der Waals surface area contributed by atoms with Gasteiger partial charge in [-0.1, -0.05) is 473 Å². The highest BCUT2D eigenvalue weighted by Gasteiger charge is 2.29. The molecule has 644 valence electrons. The third-order valence-electron chi connectivity index (χ3n) is 28.0. The summed E-state index contributed by atoms with van der Waals surface area (Å²) in [5.74, 6) is 0. The minimum Gasteiger partial charge on any atom is -0.310 e. The van der Waals surface area contributed by atoms with E-state index in [1.165, 1.54) is 219 Å². The maximum atomic E-state index is 2.54. The maximum Gasteiger partial charge on any atom is 0.0546 e. The van der Waals surface area contributed by atoms with Crippen LogP contribution in [-0.2, 0) is 0 Å². The predicted molar refractivity (Wildman–Crippen MR) is 592 cm³/mol. The van der Waals surface area contributed by atoms with Gasteiger partial charge in [-0.2, -0.15) is 0 Å². The number of hydrogen-bond donors (Lipinski definition) is 0. The maximum absolute atomic E-state index is 2.54. The Morgan fingerprint density at radius 1 is 0.109 bits per heavy atom. The molecule has 0 spiro atoms. The van der Waals surface area contributed by atoms with Crippen molar-refractivity contribution in [3.63, 3.8) is 0 Å². The Morgan fingerprint density at radius 3 is 0.652 bits per heavy atom. The van der Waals surface area contributed by atoms with Crippen molar-refractivity contribution < 1.29 is 0 Å². The summed E-state index contributed by atoms with van der Waals surface area (Å²) in [6.07, 6.45) is 0. The summed E-state index contributed by atoms with van der Waals surface area (Å²) in [6.45, 7) is 0. The third-order valence-corrected chi connectivity index (χ3v) is 28.0. The van der Waals surface area contributed by atoms with Crippen LogP contribution in [0, 0.1) is 0 Å². The van der Waals surface area contributed by atoms with Crippen LogP contribution in [0.25, 0.3) is 219 Å². The standard InChI is InChI=1S/C70H45N.C66H45N/c1-4-20-46(21-5-1)47-36-38-49(39-37-47)63-45-64(48-22-6-2-7-23-48)69-61-35-19-16-32-58(61)65-44-53(40-41-62(65)70(69)68(63)50-24-8-3-9-25-50)71(66-42-51-26-10-12-28-54(51)56-30-14-17-33-59(56)66)67-43-52-27-11-13-29-55(52)57-31-15-18-34-60(57)67;1-6-18-46(19-7-1)49-30-32-53(33-31-49)61-45-62(52-24-12-4-13-25-52)65-59-29-17-16-28-58(59)63-44-57(42-43-60(63)66(65)64(61)54-26-14-5-15-27-54)67(55-38-34-50(35-39-55)47-20-8-2-9-21-47)56-40-36-51(37-41-56)48-22-10-3-11-23-48/h1-45H;1-45H. The van der Waals surface area contributed by atoms with Gasteiger partial charge in [-0.05, 0) is 281 Å². The molecule has 2 nitrogen and oxygen atoms in total. The van der Waals surface area contributed by atoms with E-state index in [1.54, 1.807) is 0 Å². The third kappa shape index (κ3) is 14.8. The summed E-state index contributed by atoms with van der Waals surface area (Å²) in [4.78, 5) is 4.94. The second kappa shape index (κ2) is 35.5. The van der Waals surface area contributed by atoms with Crippen LogP contribution in [0.2, 0.25) is 0 Å². The first-order valence-electron chi connectivity index (χ1n) is 47.7.